The number of hydrogen-bond donors (Lipinski definition) is 1. The third-order valence-electron chi connectivity index (χ3n) is 2.78. The molecule has 16 heavy (non-hydrogen) atoms. The number of rotatable bonds is 2. The molecule has 1 N–H and O–H groups in total. The predicted molar refractivity (Wildman–Crippen MR) is 66.3 cm³/mol. The van der Waals surface area contributed by atoms with Crippen LogP contribution in [0, 0.1) is 12.8 Å². The molecule has 1 atom stereocenters. The lowest BCUT2D eigenvalue weighted by molar-refractivity contribution is -0.115. The van der Waals surface area contributed by atoms with Crippen molar-refractivity contribution in [1.29, 1.82) is 0 Å². The normalized spacial score (nSPS) is 20.5. The third kappa shape index (κ3) is 2.72. The average Bonchev–Trinajstić information content (AvgIpc) is 2.15. The Hall–Kier alpha value is -1.57. The van der Waals surface area contributed by atoms with Gasteiger partial charge in [-0.1, -0.05) is 19.1 Å². The van der Waals surface area contributed by atoms with Crippen LogP contribution < -0.4 is 5.32 Å². The molecule has 2 rings (SSSR count). The lowest BCUT2D eigenvalue weighted by atomic mass is 9.93. The van der Waals surface area contributed by atoms with Crippen LogP contribution in [0.15, 0.2) is 36.0 Å². The first-order valence-corrected chi connectivity index (χ1v) is 5.70. The molecule has 2 heteroatoms. The summed E-state index contributed by atoms with van der Waals surface area (Å²) < 4.78 is 0. The van der Waals surface area contributed by atoms with Crippen molar-refractivity contribution in [1.82, 2.24) is 0 Å². The molecule has 0 aliphatic heterocycles. The second-order valence-electron chi connectivity index (χ2n) is 4.64. The van der Waals surface area contributed by atoms with Gasteiger partial charge in [0, 0.05) is 23.9 Å². The van der Waals surface area contributed by atoms with Crippen molar-refractivity contribution in [3.63, 3.8) is 0 Å². The van der Waals surface area contributed by atoms with E-state index in [1.165, 1.54) is 5.56 Å². The lowest BCUT2D eigenvalue weighted by Crippen LogP contribution is -2.15. The molecule has 0 saturated carbocycles. The monoisotopic (exact) mass is 215 g/mol. The van der Waals surface area contributed by atoms with Crippen molar-refractivity contribution in [3.8, 4) is 0 Å². The van der Waals surface area contributed by atoms with Gasteiger partial charge in [-0.25, -0.2) is 0 Å². The van der Waals surface area contributed by atoms with E-state index in [9.17, 15) is 4.79 Å². The fraction of sp³-hybridized carbons (Fsp3) is 0.357. The number of benzene rings is 1. The van der Waals surface area contributed by atoms with Crippen molar-refractivity contribution in [2.75, 3.05) is 5.32 Å². The lowest BCUT2D eigenvalue weighted by Gasteiger charge is -2.19. The molecule has 0 spiro atoms. The Kier molecular flexibility index (Phi) is 3.09. The SMILES string of the molecule is Cc1cccc(NC2=CC(=O)CC(C)C2)c1. The highest BCUT2D eigenvalue weighted by Gasteiger charge is 2.16. The summed E-state index contributed by atoms with van der Waals surface area (Å²) in [5.74, 6) is 0.679. The third-order valence-corrected chi connectivity index (χ3v) is 2.78. The van der Waals surface area contributed by atoms with E-state index in [-0.39, 0.29) is 5.78 Å². The molecule has 0 aromatic heterocycles. The van der Waals surface area contributed by atoms with E-state index in [4.69, 9.17) is 0 Å². The topological polar surface area (TPSA) is 29.1 Å². The molecule has 0 saturated heterocycles. The van der Waals surface area contributed by atoms with Crippen LogP contribution in [0.4, 0.5) is 5.69 Å². The van der Waals surface area contributed by atoms with Crippen molar-refractivity contribution in [2.45, 2.75) is 26.7 Å². The Bertz CT molecular complexity index is 434. The molecule has 1 unspecified atom stereocenters. The summed E-state index contributed by atoms with van der Waals surface area (Å²) in [7, 11) is 0. The summed E-state index contributed by atoms with van der Waals surface area (Å²) in [4.78, 5) is 11.4. The van der Waals surface area contributed by atoms with E-state index in [1.807, 2.05) is 12.1 Å². The van der Waals surface area contributed by atoms with Crippen LogP contribution in [-0.2, 0) is 4.79 Å². The number of nitrogens with one attached hydrogen (secondary N) is 1. The van der Waals surface area contributed by atoms with Crippen LogP contribution in [0.5, 0.6) is 0 Å². The molecule has 0 amide bonds. The number of anilines is 1. The van der Waals surface area contributed by atoms with Gasteiger partial charge in [0.25, 0.3) is 0 Å². The van der Waals surface area contributed by atoms with E-state index in [0.29, 0.717) is 12.3 Å². The number of allylic oxidation sites excluding steroid dienone is 2. The number of hydrogen-bond acceptors (Lipinski definition) is 2. The minimum atomic E-state index is 0.230. The molecule has 0 fully saturated rings. The zero-order valence-corrected chi connectivity index (χ0v) is 9.79. The highest BCUT2D eigenvalue weighted by Crippen LogP contribution is 2.23. The number of aryl methyl sites for hydroxylation is 1. The minimum absolute atomic E-state index is 0.230. The number of carbonyl (C=O) groups is 1. The van der Waals surface area contributed by atoms with Crippen molar-refractivity contribution >= 4 is 11.5 Å². The molecule has 0 heterocycles. The molecule has 0 radical (unpaired) electrons. The molecular weight excluding hydrogens is 198 g/mol. The largest absolute Gasteiger partial charge is 0.359 e. The van der Waals surface area contributed by atoms with E-state index in [0.717, 1.165) is 17.8 Å². The maximum Gasteiger partial charge on any atom is 0.157 e. The van der Waals surface area contributed by atoms with Crippen LogP contribution in [0.25, 0.3) is 0 Å². The first kappa shape index (κ1) is 10.9. The van der Waals surface area contributed by atoms with Crippen molar-refractivity contribution in [3.05, 3.63) is 41.6 Å². The van der Waals surface area contributed by atoms with Gasteiger partial charge >= 0.3 is 0 Å². The summed E-state index contributed by atoms with van der Waals surface area (Å²) in [6.45, 7) is 4.18. The summed E-state index contributed by atoms with van der Waals surface area (Å²) in [6.07, 6.45) is 3.38. The van der Waals surface area contributed by atoms with E-state index < -0.39 is 0 Å². The van der Waals surface area contributed by atoms with E-state index in [1.54, 1.807) is 6.08 Å². The number of carbonyl (C=O) groups excluding carboxylic acids is 1. The molecular formula is C14H17NO. The fourth-order valence-electron chi connectivity index (χ4n) is 2.10. The molecule has 1 aliphatic rings. The Morgan fingerprint density at radius 1 is 1.31 bits per heavy atom. The van der Waals surface area contributed by atoms with Crippen molar-refractivity contribution < 1.29 is 4.79 Å². The van der Waals surface area contributed by atoms with Crippen molar-refractivity contribution in [2.24, 2.45) is 5.92 Å². The maximum atomic E-state index is 11.4. The smallest absolute Gasteiger partial charge is 0.157 e. The van der Waals surface area contributed by atoms with Crippen LogP contribution in [0.2, 0.25) is 0 Å². The first-order valence-electron chi connectivity index (χ1n) is 5.70. The van der Waals surface area contributed by atoms with Crippen LogP contribution in [-0.4, -0.2) is 5.78 Å². The first-order chi connectivity index (χ1) is 7.63. The Morgan fingerprint density at radius 3 is 2.81 bits per heavy atom. The summed E-state index contributed by atoms with van der Waals surface area (Å²) in [6, 6.07) is 8.20. The Morgan fingerprint density at radius 2 is 2.12 bits per heavy atom. The van der Waals surface area contributed by atoms with Gasteiger partial charge in [-0.05, 0) is 37.0 Å². The maximum absolute atomic E-state index is 11.4. The van der Waals surface area contributed by atoms with Gasteiger partial charge in [-0.2, -0.15) is 0 Å². The number of ketones is 1. The van der Waals surface area contributed by atoms with Gasteiger partial charge < -0.3 is 5.32 Å². The highest BCUT2D eigenvalue weighted by atomic mass is 16.1. The predicted octanol–water partition coefficient (Wildman–Crippen LogP) is 3.29. The van der Waals surface area contributed by atoms with E-state index >= 15 is 0 Å². The minimum Gasteiger partial charge on any atom is -0.359 e. The van der Waals surface area contributed by atoms with Crippen LogP contribution in [0.3, 0.4) is 0 Å². The molecule has 1 aromatic carbocycles. The fourth-order valence-corrected chi connectivity index (χ4v) is 2.10. The molecule has 1 aromatic rings. The standard InChI is InChI=1S/C14H17NO/c1-10-4-3-5-12(6-10)15-13-7-11(2)8-14(16)9-13/h3-6,9,11,15H,7-8H2,1-2H3. The van der Waals surface area contributed by atoms with Crippen LogP contribution in [0.1, 0.15) is 25.3 Å². The van der Waals surface area contributed by atoms with Gasteiger partial charge in [0.15, 0.2) is 5.78 Å². The zero-order chi connectivity index (χ0) is 11.5. The quantitative estimate of drug-likeness (QED) is 0.820. The van der Waals surface area contributed by atoms with E-state index in [2.05, 4.69) is 31.3 Å². The highest BCUT2D eigenvalue weighted by molar-refractivity contribution is 5.91. The zero-order valence-electron chi connectivity index (χ0n) is 9.79. The summed E-state index contributed by atoms with van der Waals surface area (Å²) in [5, 5.41) is 3.32. The van der Waals surface area contributed by atoms with Gasteiger partial charge in [-0.3, -0.25) is 4.79 Å². The second kappa shape index (κ2) is 4.52. The summed E-state index contributed by atoms with van der Waals surface area (Å²) in [5.41, 5.74) is 3.32. The Balaban J connectivity index is 2.13. The molecule has 84 valence electrons. The van der Waals surface area contributed by atoms with Crippen LogP contribution >= 0.6 is 0 Å². The Labute approximate surface area is 96.4 Å². The second-order valence-corrected chi connectivity index (χ2v) is 4.64. The molecule has 1 aliphatic carbocycles. The molecule has 2 nitrogen and oxygen atoms in total. The summed E-state index contributed by atoms with van der Waals surface area (Å²) >= 11 is 0. The van der Waals surface area contributed by atoms with Gasteiger partial charge in [0.05, 0.1) is 0 Å². The van der Waals surface area contributed by atoms with Gasteiger partial charge in [0.2, 0.25) is 0 Å². The molecule has 0 bridgehead atoms. The average molecular weight is 215 g/mol. The van der Waals surface area contributed by atoms with Gasteiger partial charge in [-0.15, -0.1) is 0 Å². The van der Waals surface area contributed by atoms with Gasteiger partial charge in [0.1, 0.15) is 0 Å².